The minimum atomic E-state index is -0.117. The summed E-state index contributed by atoms with van der Waals surface area (Å²) in [6.07, 6.45) is 0.889. The molecule has 1 fully saturated rings. The Balaban J connectivity index is 1.26. The van der Waals surface area contributed by atoms with Crippen LogP contribution in [-0.4, -0.2) is 59.6 Å². The van der Waals surface area contributed by atoms with Crippen LogP contribution in [0.4, 0.5) is 5.69 Å². The number of hydrogen-bond acceptors (Lipinski definition) is 4. The van der Waals surface area contributed by atoms with E-state index < -0.39 is 0 Å². The molecule has 6 nitrogen and oxygen atoms in total. The zero-order chi connectivity index (χ0) is 24.2. The number of nitrogens with one attached hydrogen (secondary N) is 1. The van der Waals surface area contributed by atoms with Crippen molar-refractivity contribution < 1.29 is 4.79 Å². The standard InChI is InChI=1S/C26H31Cl2N5O/c1-18-8-4-5-10-22(18)33-19(2)25(30-20(33)3)26(34)29-12-7-13-31-14-16-32(17-15-31)23-11-6-9-21(27)24(23)28/h4-6,8-11H,7,12-17H2,1-3H3,(H,29,34). The Kier molecular flexibility index (Phi) is 7.81. The summed E-state index contributed by atoms with van der Waals surface area (Å²) in [7, 11) is 0. The summed E-state index contributed by atoms with van der Waals surface area (Å²) in [6.45, 7) is 11.2. The number of carbonyl (C=O) groups excluding carboxylic acids is 1. The summed E-state index contributed by atoms with van der Waals surface area (Å²) >= 11 is 12.5. The van der Waals surface area contributed by atoms with Crippen molar-refractivity contribution in [3.8, 4) is 5.69 Å². The molecule has 0 spiro atoms. The molecule has 34 heavy (non-hydrogen) atoms. The SMILES string of the molecule is Cc1ccccc1-n1c(C)nc(C(=O)NCCCN2CCN(c3cccc(Cl)c3Cl)CC2)c1C. The number of hydrogen-bond donors (Lipinski definition) is 1. The van der Waals surface area contributed by atoms with Crippen LogP contribution in [0.25, 0.3) is 5.69 Å². The van der Waals surface area contributed by atoms with Crippen molar-refractivity contribution in [3.05, 3.63) is 75.3 Å². The van der Waals surface area contributed by atoms with Crippen LogP contribution in [0.3, 0.4) is 0 Å². The maximum Gasteiger partial charge on any atom is 0.271 e. The normalized spacial score (nSPS) is 14.4. The van der Waals surface area contributed by atoms with E-state index in [0.29, 0.717) is 22.3 Å². The summed E-state index contributed by atoms with van der Waals surface area (Å²) in [5.74, 6) is 0.697. The Morgan fingerprint density at radius 1 is 0.971 bits per heavy atom. The van der Waals surface area contributed by atoms with Crippen LogP contribution in [0.1, 0.15) is 34.0 Å². The molecule has 1 amide bonds. The molecule has 0 saturated carbocycles. The number of nitrogens with zero attached hydrogens (tertiary/aromatic N) is 4. The molecular weight excluding hydrogens is 469 g/mol. The van der Waals surface area contributed by atoms with Gasteiger partial charge in [0.2, 0.25) is 0 Å². The molecule has 180 valence electrons. The van der Waals surface area contributed by atoms with Gasteiger partial charge in [0.1, 0.15) is 11.5 Å². The minimum Gasteiger partial charge on any atom is -0.368 e. The second-order valence-electron chi connectivity index (χ2n) is 8.73. The van der Waals surface area contributed by atoms with E-state index in [1.807, 2.05) is 44.2 Å². The molecule has 8 heteroatoms. The first-order chi connectivity index (χ1) is 16.4. The molecule has 1 saturated heterocycles. The van der Waals surface area contributed by atoms with Crippen LogP contribution < -0.4 is 10.2 Å². The van der Waals surface area contributed by atoms with Crippen molar-refractivity contribution in [3.63, 3.8) is 0 Å². The molecule has 2 heterocycles. The average Bonchev–Trinajstić information content (AvgIpc) is 3.13. The maximum absolute atomic E-state index is 12.8. The highest BCUT2D eigenvalue weighted by atomic mass is 35.5. The number of aromatic nitrogens is 2. The van der Waals surface area contributed by atoms with Crippen molar-refractivity contribution in [2.45, 2.75) is 27.2 Å². The van der Waals surface area contributed by atoms with Gasteiger partial charge in [-0.1, -0.05) is 47.5 Å². The monoisotopic (exact) mass is 499 g/mol. The number of aryl methyl sites for hydroxylation is 2. The molecule has 0 unspecified atom stereocenters. The number of halogens is 2. The van der Waals surface area contributed by atoms with Crippen molar-refractivity contribution >= 4 is 34.8 Å². The van der Waals surface area contributed by atoms with Crippen molar-refractivity contribution in [2.75, 3.05) is 44.2 Å². The third-order valence-electron chi connectivity index (χ3n) is 6.43. The van der Waals surface area contributed by atoms with Gasteiger partial charge in [0.05, 0.1) is 21.4 Å². The van der Waals surface area contributed by atoms with E-state index in [-0.39, 0.29) is 5.91 Å². The zero-order valence-electron chi connectivity index (χ0n) is 19.9. The van der Waals surface area contributed by atoms with Gasteiger partial charge in [-0.05, 0) is 57.5 Å². The van der Waals surface area contributed by atoms with Gasteiger partial charge in [-0.15, -0.1) is 0 Å². The van der Waals surface area contributed by atoms with Gasteiger partial charge < -0.3 is 14.8 Å². The Morgan fingerprint density at radius 3 is 2.41 bits per heavy atom. The van der Waals surface area contributed by atoms with E-state index in [9.17, 15) is 4.79 Å². The highest BCUT2D eigenvalue weighted by Crippen LogP contribution is 2.32. The van der Waals surface area contributed by atoms with E-state index >= 15 is 0 Å². The summed E-state index contributed by atoms with van der Waals surface area (Å²) in [4.78, 5) is 22.1. The predicted octanol–water partition coefficient (Wildman–Crippen LogP) is 5.05. The van der Waals surface area contributed by atoms with E-state index in [1.54, 1.807) is 0 Å². The lowest BCUT2D eigenvalue weighted by Gasteiger charge is -2.36. The molecule has 4 rings (SSSR count). The fourth-order valence-electron chi connectivity index (χ4n) is 4.56. The zero-order valence-corrected chi connectivity index (χ0v) is 21.5. The van der Waals surface area contributed by atoms with Crippen LogP contribution in [-0.2, 0) is 0 Å². The van der Waals surface area contributed by atoms with Crippen molar-refractivity contribution in [2.24, 2.45) is 0 Å². The minimum absolute atomic E-state index is 0.117. The van der Waals surface area contributed by atoms with Crippen molar-refractivity contribution in [1.82, 2.24) is 19.8 Å². The quantitative estimate of drug-likeness (QED) is 0.462. The highest BCUT2D eigenvalue weighted by molar-refractivity contribution is 6.43. The number of amides is 1. The molecular formula is C26H31Cl2N5O. The summed E-state index contributed by atoms with van der Waals surface area (Å²) in [5.41, 5.74) is 4.56. The van der Waals surface area contributed by atoms with Gasteiger partial charge in [0.15, 0.2) is 0 Å². The molecule has 0 aliphatic carbocycles. The highest BCUT2D eigenvalue weighted by Gasteiger charge is 2.21. The van der Waals surface area contributed by atoms with Crippen LogP contribution >= 0.6 is 23.2 Å². The fraction of sp³-hybridized carbons (Fsp3) is 0.385. The van der Waals surface area contributed by atoms with Crippen LogP contribution in [0, 0.1) is 20.8 Å². The molecule has 0 radical (unpaired) electrons. The van der Waals surface area contributed by atoms with Crippen LogP contribution in [0.5, 0.6) is 0 Å². The van der Waals surface area contributed by atoms with E-state index in [0.717, 1.165) is 67.6 Å². The third kappa shape index (κ3) is 5.24. The Labute approximate surface area is 211 Å². The summed E-state index contributed by atoms with van der Waals surface area (Å²) in [6, 6.07) is 13.9. The van der Waals surface area contributed by atoms with Gasteiger partial charge in [-0.3, -0.25) is 9.69 Å². The Bertz CT molecular complexity index is 1170. The van der Waals surface area contributed by atoms with E-state index in [4.69, 9.17) is 23.2 Å². The first-order valence-corrected chi connectivity index (χ1v) is 12.4. The van der Waals surface area contributed by atoms with Crippen LogP contribution in [0.2, 0.25) is 10.0 Å². The fourth-order valence-corrected chi connectivity index (χ4v) is 4.98. The van der Waals surface area contributed by atoms with Gasteiger partial charge in [0.25, 0.3) is 5.91 Å². The number of carbonyl (C=O) groups is 1. The lowest BCUT2D eigenvalue weighted by Crippen LogP contribution is -2.47. The lowest BCUT2D eigenvalue weighted by atomic mass is 10.2. The van der Waals surface area contributed by atoms with E-state index in [2.05, 4.69) is 43.7 Å². The molecule has 1 N–H and O–H groups in total. The van der Waals surface area contributed by atoms with Gasteiger partial charge in [-0.25, -0.2) is 4.98 Å². The third-order valence-corrected chi connectivity index (χ3v) is 7.24. The van der Waals surface area contributed by atoms with Crippen molar-refractivity contribution in [1.29, 1.82) is 0 Å². The Morgan fingerprint density at radius 2 is 1.68 bits per heavy atom. The lowest BCUT2D eigenvalue weighted by molar-refractivity contribution is 0.0946. The number of piperazine rings is 1. The summed E-state index contributed by atoms with van der Waals surface area (Å²) < 4.78 is 2.05. The number of anilines is 1. The number of benzene rings is 2. The van der Waals surface area contributed by atoms with E-state index in [1.165, 1.54) is 0 Å². The topological polar surface area (TPSA) is 53.4 Å². The smallest absolute Gasteiger partial charge is 0.271 e. The van der Waals surface area contributed by atoms with Gasteiger partial charge >= 0.3 is 0 Å². The molecule has 0 atom stereocenters. The molecule has 1 aliphatic heterocycles. The number of para-hydroxylation sites is 1. The summed E-state index contributed by atoms with van der Waals surface area (Å²) in [5, 5.41) is 4.26. The second kappa shape index (κ2) is 10.8. The molecule has 1 aliphatic rings. The first kappa shape index (κ1) is 24.6. The molecule has 3 aromatic rings. The Hall–Kier alpha value is -2.54. The maximum atomic E-state index is 12.8. The largest absolute Gasteiger partial charge is 0.368 e. The van der Waals surface area contributed by atoms with Gasteiger partial charge in [-0.2, -0.15) is 0 Å². The second-order valence-corrected chi connectivity index (χ2v) is 9.51. The van der Waals surface area contributed by atoms with Gasteiger partial charge in [0, 0.05) is 38.4 Å². The average molecular weight is 500 g/mol. The number of imidazole rings is 1. The van der Waals surface area contributed by atoms with Crippen LogP contribution in [0.15, 0.2) is 42.5 Å². The molecule has 2 aromatic carbocycles. The molecule has 1 aromatic heterocycles. The predicted molar refractivity (Wildman–Crippen MR) is 140 cm³/mol. The molecule has 0 bridgehead atoms. The number of rotatable bonds is 7. The first-order valence-electron chi connectivity index (χ1n) is 11.7.